The summed E-state index contributed by atoms with van der Waals surface area (Å²) in [6.07, 6.45) is 12.2. The molecule has 4 rings (SSSR count). The van der Waals surface area contributed by atoms with Crippen LogP contribution >= 0.6 is 0 Å². The fraction of sp³-hybridized carbons (Fsp3) is 0.885. The van der Waals surface area contributed by atoms with Gasteiger partial charge in [-0.2, -0.15) is 5.06 Å². The minimum Gasteiger partial charge on any atom is -0.451 e. The molecule has 0 aromatic heterocycles. The van der Waals surface area contributed by atoms with Crippen molar-refractivity contribution in [2.45, 2.75) is 108 Å². The van der Waals surface area contributed by atoms with Crippen LogP contribution in [0.2, 0.25) is 0 Å². The normalized spacial score (nSPS) is 28.9. The Morgan fingerprint density at radius 2 is 1.63 bits per heavy atom. The molecule has 2 aliphatic carbocycles. The minimum absolute atomic E-state index is 0.000303. The van der Waals surface area contributed by atoms with Crippen molar-refractivity contribution in [1.29, 1.82) is 0 Å². The molecule has 0 radical (unpaired) electrons. The second-order valence-corrected chi connectivity index (χ2v) is 10.9. The summed E-state index contributed by atoms with van der Waals surface area (Å²) in [6, 6.07) is -0.596. The Bertz CT molecular complexity index is 737. The highest BCUT2D eigenvalue weighted by atomic mass is 16.7. The molecular weight excluding hydrogens is 448 g/mol. The molecule has 2 heterocycles. The maximum Gasteiger partial charge on any atom is 0.435 e. The van der Waals surface area contributed by atoms with Crippen LogP contribution in [0.5, 0.6) is 0 Å². The molecule has 0 aromatic carbocycles. The van der Waals surface area contributed by atoms with E-state index in [4.69, 9.17) is 15.3 Å². The highest BCUT2D eigenvalue weighted by Crippen LogP contribution is 2.35. The number of carbonyl (C=O) groups excluding carboxylic acids is 3. The number of fused-ring (bicyclic) bond motifs is 1. The zero-order valence-corrected chi connectivity index (χ0v) is 21.4. The van der Waals surface area contributed by atoms with Gasteiger partial charge in [0, 0.05) is 6.54 Å². The summed E-state index contributed by atoms with van der Waals surface area (Å²) in [5.41, 5.74) is 5.73. The summed E-state index contributed by atoms with van der Waals surface area (Å²) >= 11 is 0. The van der Waals surface area contributed by atoms with Crippen LogP contribution in [-0.4, -0.2) is 77.8 Å². The van der Waals surface area contributed by atoms with E-state index in [1.807, 2.05) is 4.90 Å². The number of unbranched alkanes of at least 4 members (excludes halogenated alkanes) is 1. The van der Waals surface area contributed by atoms with Gasteiger partial charge in [0.2, 0.25) is 5.91 Å². The first-order chi connectivity index (χ1) is 17.0. The summed E-state index contributed by atoms with van der Waals surface area (Å²) in [5, 5.41) is 1.24. The van der Waals surface area contributed by atoms with E-state index in [0.29, 0.717) is 37.8 Å². The number of hydroxylamine groups is 2. The van der Waals surface area contributed by atoms with Crippen molar-refractivity contribution in [2.24, 2.45) is 17.6 Å². The zero-order chi connectivity index (χ0) is 24.8. The first-order valence-electron chi connectivity index (χ1n) is 13.9. The van der Waals surface area contributed by atoms with Gasteiger partial charge in [0.25, 0.3) is 5.91 Å². The monoisotopic (exact) mass is 492 g/mol. The van der Waals surface area contributed by atoms with E-state index in [1.54, 1.807) is 4.90 Å². The minimum atomic E-state index is -0.761. The van der Waals surface area contributed by atoms with Crippen molar-refractivity contribution in [3.8, 4) is 0 Å². The molecule has 2 saturated carbocycles. The third kappa shape index (κ3) is 6.10. The Hall–Kier alpha value is -1.87. The highest BCUT2D eigenvalue weighted by Gasteiger charge is 2.53. The molecule has 4 fully saturated rings. The number of nitrogens with two attached hydrogens (primary N) is 1. The maximum absolute atomic E-state index is 13.8. The molecule has 0 aromatic rings. The van der Waals surface area contributed by atoms with Crippen molar-refractivity contribution in [3.05, 3.63) is 0 Å². The van der Waals surface area contributed by atoms with Crippen LogP contribution in [0, 0.1) is 11.8 Å². The molecule has 0 unspecified atom stereocenters. The number of nitrogens with zero attached hydrogens (tertiary/aromatic N) is 3. The lowest BCUT2D eigenvalue weighted by atomic mass is 9.84. The van der Waals surface area contributed by atoms with Crippen molar-refractivity contribution in [3.63, 3.8) is 0 Å². The second-order valence-electron chi connectivity index (χ2n) is 10.9. The van der Waals surface area contributed by atoms with Crippen LogP contribution < -0.4 is 5.73 Å². The molecule has 2 saturated heterocycles. The number of amides is 3. The standard InChI is InChI=1S/C26H44N4O5/c1-34-26(33)30-23-18-28(17-20-12-6-3-7-13-20)24(31)21(14-8-9-15-27)29(23)25(32)22(35-30)16-19-10-4-2-5-11-19/h19-23H,2-18,27H2,1H3/t21-,22-,23-/m0/s1. The molecule has 3 amide bonds. The van der Waals surface area contributed by atoms with Crippen LogP contribution in [0.4, 0.5) is 4.79 Å². The number of hydrogen-bond acceptors (Lipinski definition) is 6. The third-order valence-corrected chi connectivity index (χ3v) is 8.44. The summed E-state index contributed by atoms with van der Waals surface area (Å²) in [4.78, 5) is 50.0. The molecule has 9 heteroatoms. The average molecular weight is 493 g/mol. The lowest BCUT2D eigenvalue weighted by molar-refractivity contribution is -0.269. The Balaban J connectivity index is 1.58. The van der Waals surface area contributed by atoms with Gasteiger partial charge in [-0.15, -0.1) is 0 Å². The van der Waals surface area contributed by atoms with Gasteiger partial charge < -0.3 is 20.3 Å². The summed E-state index contributed by atoms with van der Waals surface area (Å²) < 4.78 is 5.06. The SMILES string of the molecule is COC(=O)N1O[C@@H](CC2CCCCC2)C(=O)N2[C@@H]1CN(CC1CCCCC1)C(=O)[C@@H]2CCCCN. The molecule has 198 valence electrons. The smallest absolute Gasteiger partial charge is 0.435 e. The van der Waals surface area contributed by atoms with Gasteiger partial charge in [-0.3, -0.25) is 14.4 Å². The number of methoxy groups -OCH3 is 1. The van der Waals surface area contributed by atoms with E-state index in [1.165, 1.54) is 37.9 Å². The molecule has 35 heavy (non-hydrogen) atoms. The Morgan fingerprint density at radius 1 is 0.971 bits per heavy atom. The lowest BCUT2D eigenvalue weighted by Crippen LogP contribution is -2.73. The topological polar surface area (TPSA) is 105 Å². The molecule has 2 N–H and O–H groups in total. The van der Waals surface area contributed by atoms with Crippen molar-refractivity contribution in [1.82, 2.24) is 14.9 Å². The van der Waals surface area contributed by atoms with Gasteiger partial charge >= 0.3 is 6.09 Å². The van der Waals surface area contributed by atoms with E-state index < -0.39 is 24.4 Å². The van der Waals surface area contributed by atoms with Crippen LogP contribution in [0.25, 0.3) is 0 Å². The molecule has 0 bridgehead atoms. The summed E-state index contributed by atoms with van der Waals surface area (Å²) in [7, 11) is 1.33. The van der Waals surface area contributed by atoms with Gasteiger partial charge in [0.05, 0.1) is 13.7 Å². The Morgan fingerprint density at radius 3 is 2.26 bits per heavy atom. The molecule has 0 spiro atoms. The van der Waals surface area contributed by atoms with E-state index in [2.05, 4.69) is 0 Å². The van der Waals surface area contributed by atoms with Crippen molar-refractivity contribution in [2.75, 3.05) is 26.7 Å². The largest absolute Gasteiger partial charge is 0.451 e. The van der Waals surface area contributed by atoms with Gasteiger partial charge in [-0.1, -0.05) is 51.4 Å². The summed E-state index contributed by atoms with van der Waals surface area (Å²) in [5.74, 6) is 0.701. The molecular formula is C26H44N4O5. The van der Waals surface area contributed by atoms with E-state index in [9.17, 15) is 14.4 Å². The van der Waals surface area contributed by atoms with Crippen LogP contribution in [0.1, 0.15) is 89.9 Å². The molecule has 4 aliphatic rings. The van der Waals surface area contributed by atoms with Gasteiger partial charge in [-0.25, -0.2) is 4.79 Å². The predicted octanol–water partition coefficient (Wildman–Crippen LogP) is 3.41. The fourth-order valence-corrected chi connectivity index (χ4v) is 6.53. The zero-order valence-electron chi connectivity index (χ0n) is 21.4. The number of carbonyl (C=O) groups is 3. The predicted molar refractivity (Wildman–Crippen MR) is 131 cm³/mol. The van der Waals surface area contributed by atoms with Gasteiger partial charge in [0.1, 0.15) is 6.04 Å². The second kappa shape index (κ2) is 12.4. The molecule has 3 atom stereocenters. The third-order valence-electron chi connectivity index (χ3n) is 8.44. The van der Waals surface area contributed by atoms with Gasteiger partial charge in [-0.05, 0) is 56.9 Å². The van der Waals surface area contributed by atoms with Crippen LogP contribution in [0.3, 0.4) is 0 Å². The van der Waals surface area contributed by atoms with Crippen molar-refractivity contribution < 1.29 is 24.0 Å². The summed E-state index contributed by atoms with van der Waals surface area (Å²) in [6.45, 7) is 1.48. The first kappa shape index (κ1) is 26.2. The average Bonchev–Trinajstić information content (AvgIpc) is 2.88. The Labute approximate surface area is 209 Å². The quantitative estimate of drug-likeness (QED) is 0.521. The lowest BCUT2D eigenvalue weighted by Gasteiger charge is -2.53. The molecule has 9 nitrogen and oxygen atoms in total. The van der Waals surface area contributed by atoms with Crippen LogP contribution in [-0.2, 0) is 19.2 Å². The maximum atomic E-state index is 13.8. The fourth-order valence-electron chi connectivity index (χ4n) is 6.53. The van der Waals surface area contributed by atoms with Gasteiger partial charge in [0.15, 0.2) is 12.3 Å². The number of rotatable bonds is 8. The number of ether oxygens (including phenoxy) is 1. The van der Waals surface area contributed by atoms with E-state index in [0.717, 1.165) is 51.4 Å². The van der Waals surface area contributed by atoms with Crippen LogP contribution in [0.15, 0.2) is 0 Å². The Kier molecular flexibility index (Phi) is 9.27. The van der Waals surface area contributed by atoms with Crippen molar-refractivity contribution >= 4 is 17.9 Å². The first-order valence-corrected chi connectivity index (χ1v) is 13.9. The van der Waals surface area contributed by atoms with E-state index >= 15 is 0 Å². The number of piperazine rings is 1. The highest BCUT2D eigenvalue weighted by molar-refractivity contribution is 5.92. The number of hydrogen-bond donors (Lipinski definition) is 1. The van der Waals surface area contributed by atoms with E-state index in [-0.39, 0.29) is 18.4 Å². The molecule has 2 aliphatic heterocycles.